The molecular formula is C15H24N2O2. The van der Waals surface area contributed by atoms with Gasteiger partial charge in [0, 0.05) is 19.1 Å². The van der Waals surface area contributed by atoms with E-state index in [4.69, 9.17) is 15.6 Å². The Bertz CT molecular complexity index is 378. The quantitative estimate of drug-likeness (QED) is 0.738. The molecule has 1 aliphatic rings. The second kappa shape index (κ2) is 7.36. The second-order valence-corrected chi connectivity index (χ2v) is 5.08. The van der Waals surface area contributed by atoms with Crippen LogP contribution in [0.4, 0.5) is 5.69 Å². The van der Waals surface area contributed by atoms with E-state index in [-0.39, 0.29) is 6.61 Å². The lowest BCUT2D eigenvalue weighted by Crippen LogP contribution is -2.38. The monoisotopic (exact) mass is 264 g/mol. The molecule has 106 valence electrons. The SMILES string of the molecule is Nc1ccccc1OCCN(CCO)C1CCCC1. The zero-order chi connectivity index (χ0) is 13.5. The van der Waals surface area contributed by atoms with Crippen LogP contribution in [0.3, 0.4) is 0 Å². The number of hydrogen-bond acceptors (Lipinski definition) is 4. The Balaban J connectivity index is 1.80. The predicted octanol–water partition coefficient (Wildman–Crippen LogP) is 1.88. The molecule has 1 fully saturated rings. The van der Waals surface area contributed by atoms with Crippen LogP contribution in [-0.2, 0) is 0 Å². The molecule has 0 saturated heterocycles. The normalized spacial score (nSPS) is 16.1. The van der Waals surface area contributed by atoms with E-state index in [1.54, 1.807) is 0 Å². The summed E-state index contributed by atoms with van der Waals surface area (Å²) in [5.41, 5.74) is 6.52. The maximum Gasteiger partial charge on any atom is 0.142 e. The van der Waals surface area contributed by atoms with Gasteiger partial charge in [-0.2, -0.15) is 0 Å². The molecule has 0 bridgehead atoms. The number of aliphatic hydroxyl groups is 1. The average molecular weight is 264 g/mol. The van der Waals surface area contributed by atoms with E-state index in [2.05, 4.69) is 4.90 Å². The Morgan fingerprint density at radius 3 is 2.63 bits per heavy atom. The maximum atomic E-state index is 9.16. The lowest BCUT2D eigenvalue weighted by molar-refractivity contribution is 0.129. The van der Waals surface area contributed by atoms with Crippen molar-refractivity contribution in [3.05, 3.63) is 24.3 Å². The number of rotatable bonds is 7. The van der Waals surface area contributed by atoms with Crippen LogP contribution in [0.25, 0.3) is 0 Å². The zero-order valence-corrected chi connectivity index (χ0v) is 11.4. The fourth-order valence-corrected chi connectivity index (χ4v) is 2.76. The van der Waals surface area contributed by atoms with Crippen LogP contribution in [-0.4, -0.2) is 42.4 Å². The number of ether oxygens (including phenoxy) is 1. The van der Waals surface area contributed by atoms with Gasteiger partial charge in [-0.05, 0) is 25.0 Å². The van der Waals surface area contributed by atoms with E-state index in [1.807, 2.05) is 24.3 Å². The highest BCUT2D eigenvalue weighted by atomic mass is 16.5. The summed E-state index contributed by atoms with van der Waals surface area (Å²) in [7, 11) is 0. The number of hydrogen-bond donors (Lipinski definition) is 2. The van der Waals surface area contributed by atoms with E-state index in [0.29, 0.717) is 18.3 Å². The van der Waals surface area contributed by atoms with Gasteiger partial charge in [0.1, 0.15) is 12.4 Å². The Morgan fingerprint density at radius 1 is 1.21 bits per heavy atom. The number of nitrogens with two attached hydrogens (primary N) is 1. The molecule has 3 N–H and O–H groups in total. The Kier molecular flexibility index (Phi) is 5.48. The van der Waals surface area contributed by atoms with Gasteiger partial charge in [0.2, 0.25) is 0 Å². The smallest absolute Gasteiger partial charge is 0.142 e. The molecule has 0 aliphatic heterocycles. The van der Waals surface area contributed by atoms with E-state index in [9.17, 15) is 0 Å². The number of nitrogen functional groups attached to an aromatic ring is 1. The van der Waals surface area contributed by atoms with Crippen molar-refractivity contribution >= 4 is 5.69 Å². The molecule has 4 nitrogen and oxygen atoms in total. The molecule has 0 amide bonds. The van der Waals surface area contributed by atoms with Crippen LogP contribution in [0.2, 0.25) is 0 Å². The van der Waals surface area contributed by atoms with Crippen LogP contribution in [0.15, 0.2) is 24.3 Å². The van der Waals surface area contributed by atoms with Crippen molar-refractivity contribution in [2.75, 3.05) is 32.0 Å². The Hall–Kier alpha value is -1.26. The molecule has 0 atom stereocenters. The van der Waals surface area contributed by atoms with Gasteiger partial charge in [0.05, 0.1) is 12.3 Å². The van der Waals surface area contributed by atoms with E-state index in [1.165, 1.54) is 25.7 Å². The molecule has 1 aromatic carbocycles. The minimum atomic E-state index is 0.212. The highest BCUT2D eigenvalue weighted by Gasteiger charge is 2.21. The van der Waals surface area contributed by atoms with Crippen LogP contribution < -0.4 is 10.5 Å². The van der Waals surface area contributed by atoms with Crippen molar-refractivity contribution in [3.63, 3.8) is 0 Å². The van der Waals surface area contributed by atoms with Gasteiger partial charge in [-0.15, -0.1) is 0 Å². The lowest BCUT2D eigenvalue weighted by atomic mass is 10.2. The zero-order valence-electron chi connectivity index (χ0n) is 11.4. The molecule has 1 aromatic rings. The summed E-state index contributed by atoms with van der Waals surface area (Å²) in [4.78, 5) is 2.34. The van der Waals surface area contributed by atoms with E-state index < -0.39 is 0 Å². The largest absolute Gasteiger partial charge is 0.490 e. The minimum Gasteiger partial charge on any atom is -0.490 e. The number of para-hydroxylation sites is 2. The third-order valence-electron chi connectivity index (χ3n) is 3.78. The Labute approximate surface area is 115 Å². The molecule has 1 aliphatic carbocycles. The number of anilines is 1. The van der Waals surface area contributed by atoms with Crippen LogP contribution in [0.5, 0.6) is 5.75 Å². The molecular weight excluding hydrogens is 240 g/mol. The van der Waals surface area contributed by atoms with Gasteiger partial charge in [-0.25, -0.2) is 0 Å². The summed E-state index contributed by atoms with van der Waals surface area (Å²) in [5, 5.41) is 9.16. The van der Waals surface area contributed by atoms with E-state index in [0.717, 1.165) is 18.8 Å². The first-order chi connectivity index (χ1) is 9.31. The average Bonchev–Trinajstić information content (AvgIpc) is 2.94. The third-order valence-corrected chi connectivity index (χ3v) is 3.78. The van der Waals surface area contributed by atoms with Gasteiger partial charge >= 0.3 is 0 Å². The molecule has 0 unspecified atom stereocenters. The van der Waals surface area contributed by atoms with Crippen molar-refractivity contribution in [2.24, 2.45) is 0 Å². The van der Waals surface area contributed by atoms with Gasteiger partial charge in [0.15, 0.2) is 0 Å². The van der Waals surface area contributed by atoms with Crippen molar-refractivity contribution in [1.82, 2.24) is 4.90 Å². The highest BCUT2D eigenvalue weighted by molar-refractivity contribution is 5.51. The standard InChI is InChI=1S/C15H24N2O2/c16-14-7-3-4-8-15(14)19-12-10-17(9-11-18)13-5-1-2-6-13/h3-4,7-8,13,18H,1-2,5-6,9-12,16H2. The van der Waals surface area contributed by atoms with Crippen molar-refractivity contribution < 1.29 is 9.84 Å². The molecule has 0 spiro atoms. The minimum absolute atomic E-state index is 0.212. The number of nitrogens with zero attached hydrogens (tertiary/aromatic N) is 1. The highest BCUT2D eigenvalue weighted by Crippen LogP contribution is 2.23. The summed E-state index contributed by atoms with van der Waals surface area (Å²) in [6, 6.07) is 8.18. The number of aliphatic hydroxyl groups excluding tert-OH is 1. The fraction of sp³-hybridized carbons (Fsp3) is 0.600. The van der Waals surface area contributed by atoms with Gasteiger partial charge in [-0.1, -0.05) is 25.0 Å². The van der Waals surface area contributed by atoms with Crippen molar-refractivity contribution in [1.29, 1.82) is 0 Å². The summed E-state index contributed by atoms with van der Waals surface area (Å²) in [6.45, 7) is 2.41. The van der Waals surface area contributed by atoms with Crippen LogP contribution in [0.1, 0.15) is 25.7 Å². The van der Waals surface area contributed by atoms with Crippen molar-refractivity contribution in [3.8, 4) is 5.75 Å². The summed E-state index contributed by atoms with van der Waals surface area (Å²) in [6.07, 6.45) is 5.10. The van der Waals surface area contributed by atoms with Gasteiger partial charge in [-0.3, -0.25) is 4.90 Å². The fourth-order valence-electron chi connectivity index (χ4n) is 2.76. The first kappa shape index (κ1) is 14.2. The summed E-state index contributed by atoms with van der Waals surface area (Å²) in [5.74, 6) is 0.748. The van der Waals surface area contributed by atoms with Gasteiger partial charge < -0.3 is 15.6 Å². The Morgan fingerprint density at radius 2 is 1.95 bits per heavy atom. The maximum absolute atomic E-state index is 9.16. The summed E-state index contributed by atoms with van der Waals surface area (Å²) >= 11 is 0. The lowest BCUT2D eigenvalue weighted by Gasteiger charge is -2.28. The van der Waals surface area contributed by atoms with Crippen LogP contribution in [0, 0.1) is 0 Å². The molecule has 0 aromatic heterocycles. The second-order valence-electron chi connectivity index (χ2n) is 5.08. The molecule has 19 heavy (non-hydrogen) atoms. The molecule has 0 radical (unpaired) electrons. The summed E-state index contributed by atoms with van der Waals surface area (Å²) < 4.78 is 5.72. The topological polar surface area (TPSA) is 58.7 Å². The molecule has 2 rings (SSSR count). The molecule has 4 heteroatoms. The third kappa shape index (κ3) is 4.11. The first-order valence-electron chi connectivity index (χ1n) is 7.13. The first-order valence-corrected chi connectivity index (χ1v) is 7.13. The number of benzene rings is 1. The van der Waals surface area contributed by atoms with Crippen LogP contribution >= 0.6 is 0 Å². The van der Waals surface area contributed by atoms with E-state index >= 15 is 0 Å². The van der Waals surface area contributed by atoms with Gasteiger partial charge in [0.25, 0.3) is 0 Å². The molecule has 0 heterocycles. The predicted molar refractivity (Wildman–Crippen MR) is 77.3 cm³/mol. The molecule has 1 saturated carbocycles. The van der Waals surface area contributed by atoms with Crippen molar-refractivity contribution in [2.45, 2.75) is 31.7 Å².